The number of carbonyl (C=O) groups excluding carboxylic acids is 1. The first kappa shape index (κ1) is 17.9. The maximum Gasteiger partial charge on any atom is 0.230 e. The van der Waals surface area contributed by atoms with Crippen molar-refractivity contribution in [2.24, 2.45) is 0 Å². The number of nitrogens with one attached hydrogen (secondary N) is 2. The summed E-state index contributed by atoms with van der Waals surface area (Å²) in [6.45, 7) is 0. The normalized spacial score (nSPS) is 10.9. The van der Waals surface area contributed by atoms with Crippen molar-refractivity contribution in [1.82, 2.24) is 15.0 Å². The summed E-state index contributed by atoms with van der Waals surface area (Å²) in [4.78, 5) is 24.8. The largest absolute Gasteiger partial charge is 0.444 e. The van der Waals surface area contributed by atoms with E-state index in [-0.39, 0.29) is 12.3 Å². The summed E-state index contributed by atoms with van der Waals surface area (Å²) in [6.07, 6.45) is 1.65. The second kappa shape index (κ2) is 7.67. The Balaban J connectivity index is 1.30. The minimum atomic E-state index is -0.162. The number of para-hydroxylation sites is 2. The van der Waals surface area contributed by atoms with Gasteiger partial charge in [-0.1, -0.05) is 42.5 Å². The van der Waals surface area contributed by atoms with E-state index in [9.17, 15) is 4.79 Å². The first-order valence-corrected chi connectivity index (χ1v) is 9.59. The molecule has 0 unspecified atom stereocenters. The average molecular weight is 394 g/mol. The van der Waals surface area contributed by atoms with Crippen molar-refractivity contribution in [3.63, 3.8) is 0 Å². The van der Waals surface area contributed by atoms with Crippen LogP contribution in [0, 0.1) is 0 Å². The molecule has 0 aliphatic carbocycles. The van der Waals surface area contributed by atoms with Gasteiger partial charge < -0.3 is 14.7 Å². The average Bonchev–Trinajstić information content (AvgIpc) is 3.41. The maximum absolute atomic E-state index is 12.5. The van der Waals surface area contributed by atoms with E-state index in [1.54, 1.807) is 0 Å². The Kier molecular flexibility index (Phi) is 4.57. The molecule has 0 saturated carbocycles. The summed E-state index contributed by atoms with van der Waals surface area (Å²) in [7, 11) is 0. The molecule has 5 aromatic rings. The molecule has 2 N–H and O–H groups in total. The fourth-order valence-corrected chi connectivity index (χ4v) is 3.30. The number of anilines is 1. The van der Waals surface area contributed by atoms with Gasteiger partial charge >= 0.3 is 0 Å². The quantitative estimate of drug-likeness (QED) is 0.436. The van der Waals surface area contributed by atoms with Crippen molar-refractivity contribution >= 4 is 22.6 Å². The third kappa shape index (κ3) is 3.71. The Hall–Kier alpha value is -4.19. The lowest BCUT2D eigenvalue weighted by molar-refractivity contribution is -0.115. The molecule has 0 aliphatic rings. The Bertz CT molecular complexity index is 1290. The van der Waals surface area contributed by atoms with Gasteiger partial charge in [0.25, 0.3) is 0 Å². The number of rotatable bonds is 5. The molecule has 0 spiro atoms. The number of imidazole rings is 1. The highest BCUT2D eigenvalue weighted by molar-refractivity contribution is 5.92. The highest BCUT2D eigenvalue weighted by Crippen LogP contribution is 2.23. The Morgan fingerprint density at radius 1 is 0.900 bits per heavy atom. The zero-order valence-electron chi connectivity index (χ0n) is 16.0. The van der Waals surface area contributed by atoms with Crippen molar-refractivity contribution in [1.29, 1.82) is 0 Å². The van der Waals surface area contributed by atoms with E-state index in [2.05, 4.69) is 20.3 Å². The molecule has 30 heavy (non-hydrogen) atoms. The van der Waals surface area contributed by atoms with Crippen LogP contribution in [-0.4, -0.2) is 20.9 Å². The van der Waals surface area contributed by atoms with Gasteiger partial charge in [-0.05, 0) is 36.4 Å². The van der Waals surface area contributed by atoms with E-state index in [0.29, 0.717) is 17.3 Å². The number of H-pyrrole nitrogens is 1. The lowest BCUT2D eigenvalue weighted by atomic mass is 10.2. The number of benzene rings is 3. The van der Waals surface area contributed by atoms with Gasteiger partial charge in [0, 0.05) is 16.8 Å². The van der Waals surface area contributed by atoms with Gasteiger partial charge in [0.15, 0.2) is 0 Å². The summed E-state index contributed by atoms with van der Waals surface area (Å²) in [5, 5.41) is 2.92. The van der Waals surface area contributed by atoms with Crippen LogP contribution in [-0.2, 0) is 11.2 Å². The minimum absolute atomic E-state index is 0.130. The van der Waals surface area contributed by atoms with Crippen LogP contribution in [0.15, 0.2) is 89.5 Å². The lowest BCUT2D eigenvalue weighted by Crippen LogP contribution is -2.14. The zero-order valence-corrected chi connectivity index (χ0v) is 16.0. The summed E-state index contributed by atoms with van der Waals surface area (Å²) < 4.78 is 5.50. The summed E-state index contributed by atoms with van der Waals surface area (Å²) >= 11 is 0. The van der Waals surface area contributed by atoms with Crippen LogP contribution < -0.4 is 5.32 Å². The van der Waals surface area contributed by atoms with Crippen LogP contribution in [0.25, 0.3) is 33.9 Å². The van der Waals surface area contributed by atoms with Gasteiger partial charge in [0.05, 0.1) is 23.1 Å². The lowest BCUT2D eigenvalue weighted by Gasteiger charge is -2.05. The highest BCUT2D eigenvalue weighted by Gasteiger charge is 2.12. The van der Waals surface area contributed by atoms with Gasteiger partial charge in [-0.3, -0.25) is 4.79 Å². The predicted octanol–water partition coefficient (Wildman–Crippen LogP) is 5.07. The number of fused-ring (bicyclic) bond motifs is 1. The number of aromatic amines is 1. The molecule has 6 heteroatoms. The predicted molar refractivity (Wildman–Crippen MR) is 116 cm³/mol. The molecule has 146 valence electrons. The summed E-state index contributed by atoms with van der Waals surface area (Å²) in [6, 6.07) is 25.1. The smallest absolute Gasteiger partial charge is 0.230 e. The van der Waals surface area contributed by atoms with Crippen molar-refractivity contribution < 1.29 is 9.21 Å². The van der Waals surface area contributed by atoms with Crippen LogP contribution >= 0.6 is 0 Å². The molecule has 0 saturated heterocycles. The molecule has 0 bridgehead atoms. The molecule has 6 nitrogen and oxygen atoms in total. The van der Waals surface area contributed by atoms with E-state index < -0.39 is 0 Å². The number of oxazole rings is 1. The highest BCUT2D eigenvalue weighted by atomic mass is 16.3. The van der Waals surface area contributed by atoms with Gasteiger partial charge in [-0.25, -0.2) is 9.97 Å². The third-order valence-electron chi connectivity index (χ3n) is 4.72. The van der Waals surface area contributed by atoms with Gasteiger partial charge in [0.2, 0.25) is 11.8 Å². The third-order valence-corrected chi connectivity index (χ3v) is 4.72. The summed E-state index contributed by atoms with van der Waals surface area (Å²) in [5.41, 5.74) is 4.94. The Morgan fingerprint density at radius 3 is 2.57 bits per heavy atom. The first-order valence-electron chi connectivity index (χ1n) is 9.59. The van der Waals surface area contributed by atoms with Crippen molar-refractivity contribution in [3.05, 3.63) is 90.8 Å². The standard InChI is InChI=1S/C24H18N4O2/c29-22(14-19-15-30-24(26-19)16-7-2-1-3-8-16)25-18-10-6-9-17(13-18)23-27-20-11-4-5-12-21(20)28-23/h1-13,15H,14H2,(H,25,29)(H,27,28). The Labute approximate surface area is 172 Å². The van der Waals surface area contributed by atoms with Crippen LogP contribution in [0.1, 0.15) is 5.69 Å². The first-order chi connectivity index (χ1) is 14.7. The molecular weight excluding hydrogens is 376 g/mol. The number of hydrogen-bond donors (Lipinski definition) is 2. The number of amides is 1. The molecule has 2 heterocycles. The SMILES string of the molecule is O=C(Cc1coc(-c2ccccc2)n1)Nc1cccc(-c2nc3ccccc3[nH]2)c1. The van der Waals surface area contributed by atoms with E-state index in [1.807, 2.05) is 78.9 Å². The van der Waals surface area contributed by atoms with E-state index in [0.717, 1.165) is 28.0 Å². The molecule has 5 rings (SSSR count). The second-order valence-corrected chi connectivity index (χ2v) is 6.92. The van der Waals surface area contributed by atoms with Crippen LogP contribution in [0.2, 0.25) is 0 Å². The van der Waals surface area contributed by atoms with Gasteiger partial charge in [-0.2, -0.15) is 0 Å². The monoisotopic (exact) mass is 394 g/mol. The fraction of sp³-hybridized carbons (Fsp3) is 0.0417. The summed E-state index contributed by atoms with van der Waals surface area (Å²) in [5.74, 6) is 1.10. The molecule has 0 aliphatic heterocycles. The van der Waals surface area contributed by atoms with Crippen molar-refractivity contribution in [3.8, 4) is 22.8 Å². The van der Waals surface area contributed by atoms with Crippen molar-refractivity contribution in [2.75, 3.05) is 5.32 Å². The van der Waals surface area contributed by atoms with Crippen LogP contribution in [0.3, 0.4) is 0 Å². The van der Waals surface area contributed by atoms with E-state index in [1.165, 1.54) is 6.26 Å². The molecule has 0 atom stereocenters. The molecule has 2 aromatic heterocycles. The Morgan fingerprint density at radius 2 is 1.70 bits per heavy atom. The fourth-order valence-electron chi connectivity index (χ4n) is 3.30. The minimum Gasteiger partial charge on any atom is -0.444 e. The molecule has 0 radical (unpaired) electrons. The number of aromatic nitrogens is 3. The zero-order chi connectivity index (χ0) is 20.3. The van der Waals surface area contributed by atoms with E-state index >= 15 is 0 Å². The molecule has 1 amide bonds. The topological polar surface area (TPSA) is 83.8 Å². The number of carbonyl (C=O) groups is 1. The molecule has 3 aromatic carbocycles. The van der Waals surface area contributed by atoms with Gasteiger partial charge in [0.1, 0.15) is 12.1 Å². The number of nitrogens with zero attached hydrogens (tertiary/aromatic N) is 2. The van der Waals surface area contributed by atoms with Crippen LogP contribution in [0.5, 0.6) is 0 Å². The van der Waals surface area contributed by atoms with Crippen molar-refractivity contribution in [2.45, 2.75) is 6.42 Å². The maximum atomic E-state index is 12.5. The number of hydrogen-bond acceptors (Lipinski definition) is 4. The van der Waals surface area contributed by atoms with Crippen LogP contribution in [0.4, 0.5) is 5.69 Å². The van der Waals surface area contributed by atoms with E-state index in [4.69, 9.17) is 4.42 Å². The molecular formula is C24H18N4O2. The molecule has 0 fully saturated rings. The second-order valence-electron chi connectivity index (χ2n) is 6.92. The van der Waals surface area contributed by atoms with Gasteiger partial charge in [-0.15, -0.1) is 0 Å².